The molecular formula is C26H22N4O6. The number of benzene rings is 3. The van der Waals surface area contributed by atoms with Crippen LogP contribution >= 0.6 is 0 Å². The largest absolute Gasteiger partial charge is 0.463 e. The third kappa shape index (κ3) is 5.22. The van der Waals surface area contributed by atoms with E-state index < -0.39 is 28.9 Å². The number of nitro groups is 1. The van der Waals surface area contributed by atoms with Gasteiger partial charge < -0.3 is 20.7 Å². The monoisotopic (exact) mass is 486 g/mol. The van der Waals surface area contributed by atoms with Crippen molar-refractivity contribution in [3.8, 4) is 0 Å². The van der Waals surface area contributed by atoms with Crippen LogP contribution in [-0.2, 0) is 9.53 Å². The summed E-state index contributed by atoms with van der Waals surface area (Å²) in [5, 5.41) is 19.0. The zero-order valence-electron chi connectivity index (χ0n) is 19.2. The van der Waals surface area contributed by atoms with Crippen molar-refractivity contribution >= 4 is 35.0 Å². The fourth-order valence-electron chi connectivity index (χ4n) is 3.77. The number of anilines is 1. The average molecular weight is 486 g/mol. The highest BCUT2D eigenvalue weighted by molar-refractivity contribution is 6.05. The molecule has 182 valence electrons. The lowest BCUT2D eigenvalue weighted by Crippen LogP contribution is -2.45. The van der Waals surface area contributed by atoms with E-state index >= 15 is 0 Å². The van der Waals surface area contributed by atoms with Crippen molar-refractivity contribution in [3.63, 3.8) is 0 Å². The third-order valence-corrected chi connectivity index (χ3v) is 5.47. The van der Waals surface area contributed by atoms with E-state index in [1.165, 1.54) is 24.3 Å². The zero-order valence-corrected chi connectivity index (χ0v) is 19.2. The van der Waals surface area contributed by atoms with Crippen LogP contribution in [0, 0.1) is 10.1 Å². The Balaban J connectivity index is 1.61. The summed E-state index contributed by atoms with van der Waals surface area (Å²) in [5.41, 5.74) is 2.49. The van der Waals surface area contributed by atoms with Crippen LogP contribution in [-0.4, -0.2) is 29.4 Å². The fourth-order valence-corrected chi connectivity index (χ4v) is 3.77. The van der Waals surface area contributed by atoms with Gasteiger partial charge in [0, 0.05) is 23.4 Å². The van der Waals surface area contributed by atoms with Crippen LogP contribution in [0.3, 0.4) is 0 Å². The molecule has 0 saturated carbocycles. The second-order valence-electron chi connectivity index (χ2n) is 7.79. The summed E-state index contributed by atoms with van der Waals surface area (Å²) in [6.45, 7) is 1.87. The summed E-state index contributed by atoms with van der Waals surface area (Å²) in [6, 6.07) is 19.6. The quantitative estimate of drug-likeness (QED) is 0.260. The lowest BCUT2D eigenvalue weighted by molar-refractivity contribution is -0.384. The number of amides is 3. The van der Waals surface area contributed by atoms with Gasteiger partial charge in [0.15, 0.2) is 0 Å². The Labute approximate surface area is 206 Å². The van der Waals surface area contributed by atoms with Gasteiger partial charge >= 0.3 is 12.0 Å². The Morgan fingerprint density at radius 1 is 1.00 bits per heavy atom. The molecule has 1 unspecified atom stereocenters. The van der Waals surface area contributed by atoms with E-state index in [4.69, 9.17) is 4.74 Å². The first-order chi connectivity index (χ1) is 17.4. The molecule has 1 aliphatic heterocycles. The Bertz CT molecular complexity index is 1340. The van der Waals surface area contributed by atoms with Crippen molar-refractivity contribution < 1.29 is 24.0 Å². The Kier molecular flexibility index (Phi) is 7.05. The summed E-state index contributed by atoms with van der Waals surface area (Å²) in [5.74, 6) is -1.00. The van der Waals surface area contributed by atoms with Gasteiger partial charge in [0.25, 0.3) is 11.6 Å². The molecule has 36 heavy (non-hydrogen) atoms. The van der Waals surface area contributed by atoms with Crippen LogP contribution < -0.4 is 16.0 Å². The average Bonchev–Trinajstić information content (AvgIpc) is 2.89. The Morgan fingerprint density at radius 3 is 2.28 bits per heavy atom. The van der Waals surface area contributed by atoms with Gasteiger partial charge in [-0.2, -0.15) is 0 Å². The molecule has 3 amide bonds. The number of carbonyl (C=O) groups excluding carboxylic acids is 3. The van der Waals surface area contributed by atoms with Crippen molar-refractivity contribution in [3.05, 3.63) is 111 Å². The van der Waals surface area contributed by atoms with Gasteiger partial charge in [-0.3, -0.25) is 14.9 Å². The van der Waals surface area contributed by atoms with Crippen molar-refractivity contribution in [1.29, 1.82) is 0 Å². The number of urea groups is 1. The smallest absolute Gasteiger partial charge is 0.338 e. The van der Waals surface area contributed by atoms with E-state index in [1.807, 2.05) is 6.07 Å². The number of non-ortho nitro benzene ring substituents is 1. The molecule has 10 heteroatoms. The SMILES string of the molecule is CCOC(=O)C1=C(c2ccccc2)NC(=O)NC1c1ccc(NC(=O)c2ccc([N+](=O)[O-])cc2)cc1. The highest BCUT2D eigenvalue weighted by Gasteiger charge is 2.34. The van der Waals surface area contributed by atoms with E-state index in [1.54, 1.807) is 55.5 Å². The molecule has 3 aromatic carbocycles. The second-order valence-corrected chi connectivity index (χ2v) is 7.79. The number of nitrogens with one attached hydrogen (secondary N) is 3. The van der Waals surface area contributed by atoms with E-state index in [0.29, 0.717) is 22.5 Å². The van der Waals surface area contributed by atoms with Gasteiger partial charge in [0.1, 0.15) is 0 Å². The summed E-state index contributed by atoms with van der Waals surface area (Å²) in [4.78, 5) is 48.2. The summed E-state index contributed by atoms with van der Waals surface area (Å²) < 4.78 is 5.28. The number of hydrogen-bond acceptors (Lipinski definition) is 6. The minimum absolute atomic E-state index is 0.111. The molecule has 10 nitrogen and oxygen atoms in total. The number of esters is 1. The molecule has 0 bridgehead atoms. The minimum Gasteiger partial charge on any atom is -0.463 e. The molecule has 0 aromatic heterocycles. The minimum atomic E-state index is -0.785. The maximum Gasteiger partial charge on any atom is 0.338 e. The number of nitrogens with zero attached hydrogens (tertiary/aromatic N) is 1. The number of rotatable bonds is 7. The standard InChI is InChI=1S/C26H22N4O6/c1-2-36-25(32)21-22(16-6-4-3-5-7-16)28-26(33)29-23(21)17-8-12-19(13-9-17)27-24(31)18-10-14-20(15-11-18)30(34)35/h3-15,23H,2H2,1H3,(H,27,31)(H2,28,29,33). The molecule has 1 atom stereocenters. The van der Waals surface area contributed by atoms with E-state index in [2.05, 4.69) is 16.0 Å². The highest BCUT2D eigenvalue weighted by Crippen LogP contribution is 2.32. The lowest BCUT2D eigenvalue weighted by Gasteiger charge is -2.29. The van der Waals surface area contributed by atoms with Gasteiger partial charge in [-0.15, -0.1) is 0 Å². The number of nitro benzene ring substituents is 1. The molecule has 0 spiro atoms. The molecular weight excluding hydrogens is 464 g/mol. The molecule has 0 saturated heterocycles. The van der Waals surface area contributed by atoms with Crippen LogP contribution in [0.1, 0.15) is 34.5 Å². The molecule has 3 aromatic rings. The predicted molar refractivity (Wildman–Crippen MR) is 132 cm³/mol. The molecule has 4 rings (SSSR count). The molecule has 0 fully saturated rings. The Hall–Kier alpha value is -4.99. The van der Waals surface area contributed by atoms with Crippen molar-refractivity contribution in [2.45, 2.75) is 13.0 Å². The van der Waals surface area contributed by atoms with Gasteiger partial charge in [0.2, 0.25) is 0 Å². The molecule has 1 aliphatic rings. The first-order valence-electron chi connectivity index (χ1n) is 11.1. The van der Waals surface area contributed by atoms with Crippen LogP contribution in [0.25, 0.3) is 5.70 Å². The van der Waals surface area contributed by atoms with Crippen LogP contribution in [0.15, 0.2) is 84.4 Å². The summed E-state index contributed by atoms with van der Waals surface area (Å²) in [7, 11) is 0. The first-order valence-corrected chi connectivity index (χ1v) is 11.1. The van der Waals surface area contributed by atoms with Crippen LogP contribution in [0.5, 0.6) is 0 Å². The van der Waals surface area contributed by atoms with Gasteiger partial charge in [-0.25, -0.2) is 9.59 Å². The summed E-state index contributed by atoms with van der Waals surface area (Å²) >= 11 is 0. The molecule has 1 heterocycles. The van der Waals surface area contributed by atoms with Crippen molar-refractivity contribution in [1.82, 2.24) is 10.6 Å². The van der Waals surface area contributed by atoms with Gasteiger partial charge in [0.05, 0.1) is 28.8 Å². The number of ether oxygens (including phenoxy) is 1. The van der Waals surface area contributed by atoms with Crippen molar-refractivity contribution in [2.24, 2.45) is 0 Å². The van der Waals surface area contributed by atoms with E-state index in [-0.39, 0.29) is 23.4 Å². The number of carbonyl (C=O) groups is 3. The van der Waals surface area contributed by atoms with Gasteiger partial charge in [-0.1, -0.05) is 42.5 Å². The predicted octanol–water partition coefficient (Wildman–Crippen LogP) is 4.18. The normalized spacial score (nSPS) is 14.9. The number of hydrogen-bond donors (Lipinski definition) is 3. The van der Waals surface area contributed by atoms with Crippen LogP contribution in [0.2, 0.25) is 0 Å². The molecule has 3 N–H and O–H groups in total. The topological polar surface area (TPSA) is 140 Å². The second kappa shape index (κ2) is 10.5. The maximum absolute atomic E-state index is 12.9. The van der Waals surface area contributed by atoms with Gasteiger partial charge in [-0.05, 0) is 42.3 Å². The Morgan fingerprint density at radius 2 is 1.67 bits per heavy atom. The lowest BCUT2D eigenvalue weighted by atomic mass is 9.92. The van der Waals surface area contributed by atoms with E-state index in [0.717, 1.165) is 0 Å². The maximum atomic E-state index is 12.9. The zero-order chi connectivity index (χ0) is 25.7. The first kappa shape index (κ1) is 24.1. The fraction of sp³-hybridized carbons (Fsp3) is 0.115. The van der Waals surface area contributed by atoms with Crippen molar-refractivity contribution in [2.75, 3.05) is 11.9 Å². The highest BCUT2D eigenvalue weighted by atomic mass is 16.6. The third-order valence-electron chi connectivity index (χ3n) is 5.47. The molecule has 0 aliphatic carbocycles. The van der Waals surface area contributed by atoms with E-state index in [9.17, 15) is 24.5 Å². The van der Waals surface area contributed by atoms with Crippen LogP contribution in [0.4, 0.5) is 16.2 Å². The molecule has 0 radical (unpaired) electrons. The summed E-state index contributed by atoms with van der Waals surface area (Å²) in [6.07, 6.45) is 0.